The fourth-order valence-electron chi connectivity index (χ4n) is 3.97. The number of amides is 2. The van der Waals surface area contributed by atoms with E-state index in [1.807, 2.05) is 66.7 Å². The molecule has 0 saturated carbocycles. The molecule has 3 heterocycles. The van der Waals surface area contributed by atoms with E-state index in [1.54, 1.807) is 7.05 Å². The van der Waals surface area contributed by atoms with Gasteiger partial charge in [-0.05, 0) is 17.7 Å². The van der Waals surface area contributed by atoms with Gasteiger partial charge in [-0.25, -0.2) is 9.78 Å². The first-order valence-electron chi connectivity index (χ1n) is 12.7. The monoisotopic (exact) mass is 546 g/mol. The summed E-state index contributed by atoms with van der Waals surface area (Å²) in [6, 6.07) is 21.3. The minimum atomic E-state index is -0.288. The Morgan fingerprint density at radius 1 is 1.03 bits per heavy atom. The SMILES string of the molecule is CNC(=O)Nc1nc2c(s1)CN(c1cc(Oc3ccccc3)nc(OCCCOCc3ccccc3)n1)CC2. The molecule has 10 nitrogen and oxygen atoms in total. The molecule has 39 heavy (non-hydrogen) atoms. The van der Waals surface area contributed by atoms with Gasteiger partial charge in [0.15, 0.2) is 5.13 Å². The van der Waals surface area contributed by atoms with E-state index >= 15 is 0 Å². The number of hydrogen-bond acceptors (Lipinski definition) is 9. The Morgan fingerprint density at radius 2 is 1.82 bits per heavy atom. The van der Waals surface area contributed by atoms with Crippen molar-refractivity contribution < 1.29 is 19.0 Å². The molecule has 0 spiro atoms. The van der Waals surface area contributed by atoms with Crippen LogP contribution in [0.1, 0.15) is 22.6 Å². The summed E-state index contributed by atoms with van der Waals surface area (Å²) in [4.78, 5) is 28.7. The lowest BCUT2D eigenvalue weighted by Crippen LogP contribution is -2.30. The molecule has 2 N–H and O–H groups in total. The number of nitrogens with zero attached hydrogens (tertiary/aromatic N) is 4. The first kappa shape index (κ1) is 26.4. The third-order valence-corrected chi connectivity index (χ3v) is 6.91. The van der Waals surface area contributed by atoms with Gasteiger partial charge >= 0.3 is 12.0 Å². The van der Waals surface area contributed by atoms with E-state index in [9.17, 15) is 4.79 Å². The Bertz CT molecular complexity index is 1370. The zero-order valence-corrected chi connectivity index (χ0v) is 22.4. The first-order chi connectivity index (χ1) is 19.2. The molecule has 2 amide bonds. The van der Waals surface area contributed by atoms with Crippen molar-refractivity contribution in [3.8, 4) is 17.6 Å². The molecule has 1 aliphatic heterocycles. The topological polar surface area (TPSA) is 111 Å². The van der Waals surface area contributed by atoms with Crippen molar-refractivity contribution in [2.45, 2.75) is 26.0 Å². The van der Waals surface area contributed by atoms with E-state index in [4.69, 9.17) is 14.2 Å². The van der Waals surface area contributed by atoms with Crippen LogP contribution in [0.3, 0.4) is 0 Å². The number of benzene rings is 2. The molecule has 2 aromatic heterocycles. The van der Waals surface area contributed by atoms with Crippen LogP contribution in [0.25, 0.3) is 0 Å². The number of aromatic nitrogens is 3. The maximum absolute atomic E-state index is 11.7. The second-order valence-corrected chi connectivity index (χ2v) is 9.85. The lowest BCUT2D eigenvalue weighted by Gasteiger charge is -2.27. The number of ether oxygens (including phenoxy) is 3. The molecular formula is C28H30N6O4S. The summed E-state index contributed by atoms with van der Waals surface area (Å²) in [5, 5.41) is 5.89. The lowest BCUT2D eigenvalue weighted by molar-refractivity contribution is 0.106. The van der Waals surface area contributed by atoms with Crippen LogP contribution < -0.4 is 25.0 Å². The minimum Gasteiger partial charge on any atom is -0.463 e. The molecule has 0 aliphatic carbocycles. The summed E-state index contributed by atoms with van der Waals surface area (Å²) in [6.45, 7) is 2.86. The molecule has 4 aromatic rings. The van der Waals surface area contributed by atoms with E-state index in [0.717, 1.165) is 22.6 Å². The summed E-state index contributed by atoms with van der Waals surface area (Å²) in [5.41, 5.74) is 2.13. The van der Waals surface area contributed by atoms with Crippen LogP contribution in [-0.4, -0.2) is 47.8 Å². The Kier molecular flexibility index (Phi) is 8.82. The maximum Gasteiger partial charge on any atom is 0.321 e. The maximum atomic E-state index is 11.7. The molecule has 0 unspecified atom stereocenters. The van der Waals surface area contributed by atoms with E-state index in [2.05, 4.69) is 30.5 Å². The number of carbonyl (C=O) groups excluding carboxylic acids is 1. The number of hydrogen-bond donors (Lipinski definition) is 2. The number of fused-ring (bicyclic) bond motifs is 1. The predicted octanol–water partition coefficient (Wildman–Crippen LogP) is 5.03. The van der Waals surface area contributed by atoms with Crippen molar-refractivity contribution in [1.29, 1.82) is 0 Å². The smallest absolute Gasteiger partial charge is 0.321 e. The number of para-hydroxylation sites is 1. The van der Waals surface area contributed by atoms with Crippen LogP contribution in [-0.2, 0) is 24.3 Å². The van der Waals surface area contributed by atoms with Crippen LogP contribution in [0.4, 0.5) is 15.7 Å². The Labute approximate surface area is 231 Å². The normalized spacial score (nSPS) is 12.5. The Balaban J connectivity index is 1.24. The van der Waals surface area contributed by atoms with Crippen molar-refractivity contribution >= 4 is 28.3 Å². The molecule has 2 aromatic carbocycles. The summed E-state index contributed by atoms with van der Waals surface area (Å²) in [7, 11) is 1.58. The second kappa shape index (κ2) is 13.0. The highest BCUT2D eigenvalue weighted by molar-refractivity contribution is 7.15. The number of anilines is 2. The number of rotatable bonds is 11. The molecule has 0 fully saturated rings. The van der Waals surface area contributed by atoms with Gasteiger partial charge in [-0.3, -0.25) is 5.32 Å². The third-order valence-electron chi connectivity index (χ3n) is 5.91. The van der Waals surface area contributed by atoms with Crippen molar-refractivity contribution in [2.75, 3.05) is 37.0 Å². The Hall–Kier alpha value is -4.22. The zero-order chi connectivity index (χ0) is 26.9. The van der Waals surface area contributed by atoms with Gasteiger partial charge in [0.2, 0.25) is 5.88 Å². The molecule has 11 heteroatoms. The van der Waals surface area contributed by atoms with Crippen molar-refractivity contribution in [3.05, 3.63) is 82.9 Å². The molecule has 0 saturated heterocycles. The van der Waals surface area contributed by atoms with Crippen LogP contribution in [0, 0.1) is 0 Å². The molecule has 0 radical (unpaired) electrons. The average Bonchev–Trinajstić information content (AvgIpc) is 3.37. The van der Waals surface area contributed by atoms with E-state index < -0.39 is 0 Å². The van der Waals surface area contributed by atoms with Gasteiger partial charge in [0.05, 0.1) is 32.1 Å². The average molecular weight is 547 g/mol. The highest BCUT2D eigenvalue weighted by Crippen LogP contribution is 2.32. The summed E-state index contributed by atoms with van der Waals surface area (Å²) < 4.78 is 17.7. The molecule has 0 atom stereocenters. The van der Waals surface area contributed by atoms with Gasteiger partial charge in [-0.1, -0.05) is 59.9 Å². The van der Waals surface area contributed by atoms with Gasteiger partial charge in [0, 0.05) is 37.4 Å². The van der Waals surface area contributed by atoms with Gasteiger partial charge < -0.3 is 24.4 Å². The zero-order valence-electron chi connectivity index (χ0n) is 21.6. The molecule has 5 rings (SSSR count). The highest BCUT2D eigenvalue weighted by atomic mass is 32.1. The van der Waals surface area contributed by atoms with Crippen LogP contribution >= 0.6 is 11.3 Å². The van der Waals surface area contributed by atoms with E-state index in [0.29, 0.717) is 61.9 Å². The van der Waals surface area contributed by atoms with Crippen LogP contribution in [0.2, 0.25) is 0 Å². The first-order valence-corrected chi connectivity index (χ1v) is 13.6. The lowest BCUT2D eigenvalue weighted by atomic mass is 10.2. The van der Waals surface area contributed by atoms with Crippen LogP contribution in [0.5, 0.6) is 17.6 Å². The number of urea groups is 1. The minimum absolute atomic E-state index is 0.249. The standard InChI is InChI=1S/C28H30N6O4S/c1-29-26(35)33-28-30-22-13-14-34(18-23(22)39-28)24-17-25(38-21-11-6-3-7-12-21)32-27(31-24)37-16-8-15-36-19-20-9-4-2-5-10-20/h2-7,9-12,17H,8,13-16,18-19H2,1H3,(H2,29,30,33,35). The predicted molar refractivity (Wildman–Crippen MR) is 150 cm³/mol. The largest absolute Gasteiger partial charge is 0.463 e. The van der Waals surface area contributed by atoms with Crippen LogP contribution in [0.15, 0.2) is 66.7 Å². The van der Waals surface area contributed by atoms with Crippen molar-refractivity contribution in [3.63, 3.8) is 0 Å². The third kappa shape index (κ3) is 7.43. The van der Waals surface area contributed by atoms with Gasteiger partial charge in [-0.15, -0.1) is 0 Å². The molecule has 0 bridgehead atoms. The molecule has 202 valence electrons. The Morgan fingerprint density at radius 3 is 2.62 bits per heavy atom. The van der Waals surface area contributed by atoms with Crippen molar-refractivity contribution in [1.82, 2.24) is 20.3 Å². The fraction of sp³-hybridized carbons (Fsp3) is 0.286. The summed E-state index contributed by atoms with van der Waals surface area (Å²) in [6.07, 6.45) is 1.43. The summed E-state index contributed by atoms with van der Waals surface area (Å²) >= 11 is 1.46. The number of nitrogens with one attached hydrogen (secondary N) is 2. The fourth-order valence-corrected chi connectivity index (χ4v) is 4.99. The number of thiazole rings is 1. The molecular weight excluding hydrogens is 516 g/mol. The van der Waals surface area contributed by atoms with Gasteiger partial charge in [-0.2, -0.15) is 9.97 Å². The second-order valence-electron chi connectivity index (χ2n) is 8.77. The quantitative estimate of drug-likeness (QED) is 0.252. The van der Waals surface area contributed by atoms with Gasteiger partial charge in [0.25, 0.3) is 0 Å². The number of carbonyl (C=O) groups is 1. The van der Waals surface area contributed by atoms with Gasteiger partial charge in [0.1, 0.15) is 11.6 Å². The van der Waals surface area contributed by atoms with E-state index in [1.165, 1.54) is 11.3 Å². The summed E-state index contributed by atoms with van der Waals surface area (Å²) in [5.74, 6) is 1.78. The van der Waals surface area contributed by atoms with E-state index in [-0.39, 0.29) is 12.0 Å². The highest BCUT2D eigenvalue weighted by Gasteiger charge is 2.24. The molecule has 1 aliphatic rings. The van der Waals surface area contributed by atoms with Crippen molar-refractivity contribution in [2.24, 2.45) is 0 Å².